The van der Waals surface area contributed by atoms with Gasteiger partial charge in [-0.2, -0.15) is 4.31 Å². The van der Waals surface area contributed by atoms with Gasteiger partial charge in [0.25, 0.3) is 0 Å². The van der Waals surface area contributed by atoms with E-state index in [9.17, 15) is 8.42 Å². The number of piperidine rings is 1. The van der Waals surface area contributed by atoms with Crippen molar-refractivity contribution in [1.29, 1.82) is 0 Å². The van der Waals surface area contributed by atoms with Crippen molar-refractivity contribution in [3.05, 3.63) is 36.0 Å². The molecule has 0 bridgehead atoms. The van der Waals surface area contributed by atoms with Crippen LogP contribution in [-0.2, 0) is 10.0 Å². The minimum atomic E-state index is -3.54. The fourth-order valence-electron chi connectivity index (χ4n) is 2.93. The molecule has 2 atom stereocenters. The van der Waals surface area contributed by atoms with Crippen LogP contribution in [0.25, 0.3) is 10.9 Å². The van der Waals surface area contributed by atoms with Gasteiger partial charge in [0.15, 0.2) is 0 Å². The number of nitrogens with zero attached hydrogens (tertiary/aromatic N) is 2. The second-order valence-electron chi connectivity index (χ2n) is 6.13. The quantitative estimate of drug-likeness (QED) is 0.896. The molecule has 1 aliphatic heterocycles. The summed E-state index contributed by atoms with van der Waals surface area (Å²) in [6.07, 6.45) is 2.40. The fraction of sp³-hybridized carbons (Fsp3) is 0.438. The number of benzene rings is 1. The van der Waals surface area contributed by atoms with E-state index in [1.54, 1.807) is 18.3 Å². The van der Waals surface area contributed by atoms with E-state index in [4.69, 9.17) is 5.73 Å². The van der Waals surface area contributed by atoms with Crippen molar-refractivity contribution in [1.82, 2.24) is 9.29 Å². The summed E-state index contributed by atoms with van der Waals surface area (Å²) >= 11 is 0. The van der Waals surface area contributed by atoms with Crippen molar-refractivity contribution < 1.29 is 8.42 Å². The molecule has 1 aromatic heterocycles. The first kappa shape index (κ1) is 18.1. The maximum absolute atomic E-state index is 13.0. The third kappa shape index (κ3) is 3.35. The lowest BCUT2D eigenvalue weighted by atomic mass is 9.96. The van der Waals surface area contributed by atoms with Crippen LogP contribution in [0.3, 0.4) is 0 Å². The van der Waals surface area contributed by atoms with Gasteiger partial charge in [0.2, 0.25) is 10.0 Å². The summed E-state index contributed by atoms with van der Waals surface area (Å²) in [5.41, 5.74) is 7.55. The Labute approximate surface area is 143 Å². The SMILES string of the molecule is Cc1cnc2c(S(=O)(=O)N3CCC(N)C(C)C3)cccc2c1.Cl. The topological polar surface area (TPSA) is 76.3 Å². The average Bonchev–Trinajstić information content (AvgIpc) is 2.49. The fourth-order valence-corrected chi connectivity index (χ4v) is 4.65. The number of para-hydroxylation sites is 1. The van der Waals surface area contributed by atoms with Crippen LogP contribution in [0.5, 0.6) is 0 Å². The lowest BCUT2D eigenvalue weighted by Gasteiger charge is -2.34. The van der Waals surface area contributed by atoms with Crippen molar-refractivity contribution in [2.24, 2.45) is 11.7 Å². The van der Waals surface area contributed by atoms with E-state index in [1.807, 2.05) is 26.0 Å². The number of fused-ring (bicyclic) bond motifs is 1. The summed E-state index contributed by atoms with van der Waals surface area (Å²) in [6.45, 7) is 4.88. The van der Waals surface area contributed by atoms with Gasteiger partial charge in [-0.3, -0.25) is 4.98 Å². The van der Waals surface area contributed by atoms with Gasteiger partial charge in [0.05, 0.1) is 5.52 Å². The molecule has 2 aromatic rings. The molecule has 1 fully saturated rings. The molecular formula is C16H22ClN3O2S. The molecule has 23 heavy (non-hydrogen) atoms. The molecule has 0 saturated carbocycles. The van der Waals surface area contributed by atoms with Crippen LogP contribution in [0.4, 0.5) is 0 Å². The maximum Gasteiger partial charge on any atom is 0.245 e. The molecular weight excluding hydrogens is 334 g/mol. The Bertz CT molecular complexity index is 810. The molecule has 2 N–H and O–H groups in total. The normalized spacial score (nSPS) is 22.7. The van der Waals surface area contributed by atoms with E-state index in [-0.39, 0.29) is 29.3 Å². The first-order valence-electron chi connectivity index (χ1n) is 7.50. The molecule has 0 aliphatic carbocycles. The summed E-state index contributed by atoms with van der Waals surface area (Å²) in [7, 11) is -3.54. The first-order valence-corrected chi connectivity index (χ1v) is 8.94. The van der Waals surface area contributed by atoms with Crippen molar-refractivity contribution in [2.75, 3.05) is 13.1 Å². The van der Waals surface area contributed by atoms with Crippen molar-refractivity contribution in [3.63, 3.8) is 0 Å². The Balaban J connectivity index is 0.00000192. The second-order valence-corrected chi connectivity index (χ2v) is 8.04. The summed E-state index contributed by atoms with van der Waals surface area (Å²) in [5.74, 6) is 0.161. The zero-order valence-corrected chi connectivity index (χ0v) is 14.9. The van der Waals surface area contributed by atoms with Gasteiger partial charge in [-0.15, -0.1) is 12.4 Å². The van der Waals surface area contributed by atoms with E-state index < -0.39 is 10.0 Å². The number of hydrogen-bond acceptors (Lipinski definition) is 4. The molecule has 3 rings (SSSR count). The number of aryl methyl sites for hydroxylation is 1. The Morgan fingerprint density at radius 3 is 2.78 bits per heavy atom. The third-order valence-electron chi connectivity index (χ3n) is 4.36. The minimum absolute atomic E-state index is 0. The average molecular weight is 356 g/mol. The molecule has 0 radical (unpaired) electrons. The van der Waals surface area contributed by atoms with Crippen LogP contribution < -0.4 is 5.73 Å². The molecule has 5 nitrogen and oxygen atoms in total. The molecule has 7 heteroatoms. The van der Waals surface area contributed by atoms with Gasteiger partial charge >= 0.3 is 0 Å². The van der Waals surface area contributed by atoms with Gasteiger partial charge < -0.3 is 5.73 Å². The third-order valence-corrected chi connectivity index (χ3v) is 6.26. The van der Waals surface area contributed by atoms with Gasteiger partial charge in [0.1, 0.15) is 4.90 Å². The summed E-state index contributed by atoms with van der Waals surface area (Å²) in [6, 6.07) is 7.33. The number of halogens is 1. The van der Waals surface area contributed by atoms with E-state index in [0.29, 0.717) is 25.0 Å². The van der Waals surface area contributed by atoms with Gasteiger partial charge in [-0.05, 0) is 37.0 Å². The molecule has 2 heterocycles. The Hall–Kier alpha value is -1.21. The summed E-state index contributed by atoms with van der Waals surface area (Å²) in [4.78, 5) is 4.63. The van der Waals surface area contributed by atoms with Crippen molar-refractivity contribution >= 4 is 33.3 Å². The largest absolute Gasteiger partial charge is 0.327 e. The van der Waals surface area contributed by atoms with Crippen LogP contribution in [-0.4, -0.2) is 36.8 Å². The molecule has 0 amide bonds. The zero-order chi connectivity index (χ0) is 15.9. The number of aromatic nitrogens is 1. The van der Waals surface area contributed by atoms with Gasteiger partial charge in [0, 0.05) is 30.7 Å². The van der Waals surface area contributed by atoms with Crippen LogP contribution in [0.15, 0.2) is 35.4 Å². The van der Waals surface area contributed by atoms with Crippen LogP contribution >= 0.6 is 12.4 Å². The van der Waals surface area contributed by atoms with Gasteiger partial charge in [-0.1, -0.05) is 19.1 Å². The molecule has 2 unspecified atom stereocenters. The van der Waals surface area contributed by atoms with Crippen molar-refractivity contribution in [2.45, 2.75) is 31.2 Å². The lowest BCUT2D eigenvalue weighted by molar-refractivity contribution is 0.250. The predicted octanol–water partition coefficient (Wildman–Crippen LogP) is 2.32. The lowest BCUT2D eigenvalue weighted by Crippen LogP contribution is -2.48. The van der Waals surface area contributed by atoms with Crippen molar-refractivity contribution in [3.8, 4) is 0 Å². The van der Waals surface area contributed by atoms with Crippen LogP contribution in [0.1, 0.15) is 18.9 Å². The highest BCUT2D eigenvalue weighted by atomic mass is 35.5. The van der Waals surface area contributed by atoms with E-state index in [1.165, 1.54) is 4.31 Å². The molecule has 1 aliphatic rings. The number of pyridine rings is 1. The Morgan fingerprint density at radius 2 is 2.09 bits per heavy atom. The molecule has 1 aromatic carbocycles. The van der Waals surface area contributed by atoms with E-state index >= 15 is 0 Å². The first-order chi connectivity index (χ1) is 10.4. The smallest absolute Gasteiger partial charge is 0.245 e. The number of nitrogens with two attached hydrogens (primary N) is 1. The minimum Gasteiger partial charge on any atom is -0.327 e. The number of rotatable bonds is 2. The Kier molecular flexibility index (Phi) is 5.30. The van der Waals surface area contributed by atoms with Crippen LogP contribution in [0.2, 0.25) is 0 Å². The highest BCUT2D eigenvalue weighted by Crippen LogP contribution is 2.27. The maximum atomic E-state index is 13.0. The number of sulfonamides is 1. The predicted molar refractivity (Wildman–Crippen MR) is 94.2 cm³/mol. The summed E-state index contributed by atoms with van der Waals surface area (Å²) < 4.78 is 27.5. The van der Waals surface area contributed by atoms with Gasteiger partial charge in [-0.25, -0.2) is 8.42 Å². The van der Waals surface area contributed by atoms with E-state index in [2.05, 4.69) is 4.98 Å². The second kappa shape index (κ2) is 6.73. The molecule has 126 valence electrons. The number of hydrogen-bond donors (Lipinski definition) is 1. The molecule has 1 saturated heterocycles. The van der Waals surface area contributed by atoms with E-state index in [0.717, 1.165) is 10.9 Å². The van der Waals surface area contributed by atoms with Crippen LogP contribution in [0, 0.1) is 12.8 Å². The highest BCUT2D eigenvalue weighted by Gasteiger charge is 2.33. The Morgan fingerprint density at radius 1 is 1.35 bits per heavy atom. The monoisotopic (exact) mass is 355 g/mol. The molecule has 0 spiro atoms. The standard InChI is InChI=1S/C16H21N3O2S.ClH/c1-11-8-13-4-3-5-15(16(13)18-9-11)22(20,21)19-7-6-14(17)12(2)10-19;/h3-5,8-9,12,14H,6-7,10,17H2,1-2H3;1H. The highest BCUT2D eigenvalue weighted by molar-refractivity contribution is 7.89. The summed E-state index contributed by atoms with van der Waals surface area (Å²) in [5, 5.41) is 0.850. The zero-order valence-electron chi connectivity index (χ0n) is 13.3.